The average molecular weight is 289 g/mol. The van der Waals surface area contributed by atoms with Crippen molar-refractivity contribution in [2.75, 3.05) is 0 Å². The van der Waals surface area contributed by atoms with Crippen molar-refractivity contribution in [2.45, 2.75) is 58.7 Å². The summed E-state index contributed by atoms with van der Waals surface area (Å²) in [4.78, 5) is 20.8. The fourth-order valence-corrected chi connectivity index (χ4v) is 2.66. The quantitative estimate of drug-likeness (QED) is 0.611. The van der Waals surface area contributed by atoms with Crippen LogP contribution in [0.3, 0.4) is 0 Å². The second-order valence-electron chi connectivity index (χ2n) is 6.04. The molecule has 1 aliphatic carbocycles. The molecule has 0 saturated heterocycles. The van der Waals surface area contributed by atoms with Gasteiger partial charge in [-0.2, -0.15) is 0 Å². The summed E-state index contributed by atoms with van der Waals surface area (Å²) in [5.41, 5.74) is 4.03. The molecule has 0 radical (unpaired) electrons. The Labute approximate surface area is 120 Å². The highest BCUT2D eigenvalue weighted by molar-refractivity contribution is 5.83. The number of aliphatic hydroxyl groups is 2. The van der Waals surface area contributed by atoms with Crippen molar-refractivity contribution in [1.82, 2.24) is 0 Å². The van der Waals surface area contributed by atoms with Crippen molar-refractivity contribution < 1.29 is 24.9 Å². The predicted molar refractivity (Wildman–Crippen MR) is 74.8 cm³/mol. The van der Waals surface area contributed by atoms with Crippen LogP contribution >= 0.6 is 0 Å². The number of carboxylic acids is 1. The Balaban J connectivity index is 0.000000511. The van der Waals surface area contributed by atoms with E-state index in [9.17, 15) is 14.7 Å². The van der Waals surface area contributed by atoms with E-state index in [1.54, 1.807) is 0 Å². The molecule has 118 valence electrons. The van der Waals surface area contributed by atoms with E-state index in [1.165, 1.54) is 6.92 Å². The minimum Gasteiger partial charge on any atom is -0.479 e. The van der Waals surface area contributed by atoms with Crippen molar-refractivity contribution in [3.63, 3.8) is 0 Å². The van der Waals surface area contributed by atoms with Gasteiger partial charge in [0.25, 0.3) is 0 Å². The van der Waals surface area contributed by atoms with Gasteiger partial charge in [-0.1, -0.05) is 27.2 Å². The summed E-state index contributed by atoms with van der Waals surface area (Å²) in [6.07, 6.45) is 1.27. The molecule has 1 amide bonds. The molecule has 4 unspecified atom stereocenters. The summed E-state index contributed by atoms with van der Waals surface area (Å²) in [5.74, 6) is -1.02. The highest BCUT2D eigenvalue weighted by atomic mass is 16.4. The van der Waals surface area contributed by atoms with Crippen LogP contribution in [0.15, 0.2) is 0 Å². The van der Waals surface area contributed by atoms with Crippen LogP contribution in [0.2, 0.25) is 0 Å². The smallest absolute Gasteiger partial charge is 0.332 e. The molecule has 0 aliphatic heterocycles. The number of primary amides is 1. The van der Waals surface area contributed by atoms with Crippen LogP contribution in [0.1, 0.15) is 47.0 Å². The van der Waals surface area contributed by atoms with Crippen LogP contribution in [-0.4, -0.2) is 38.9 Å². The monoisotopic (exact) mass is 289 g/mol. The molecule has 6 heteroatoms. The molecule has 4 atom stereocenters. The Morgan fingerprint density at radius 3 is 2.00 bits per heavy atom. The van der Waals surface area contributed by atoms with Gasteiger partial charge in [0.05, 0.1) is 0 Å². The SMILES string of the molecule is CC(O)C(=O)O.CC1CCC(C(C)C)C(O)(C(N)=O)C1. The van der Waals surface area contributed by atoms with E-state index >= 15 is 0 Å². The zero-order valence-corrected chi connectivity index (χ0v) is 12.7. The predicted octanol–water partition coefficient (Wildman–Crippen LogP) is 0.747. The molecule has 0 aromatic carbocycles. The summed E-state index contributed by atoms with van der Waals surface area (Å²) in [6.45, 7) is 7.33. The van der Waals surface area contributed by atoms with Crippen LogP contribution in [0.4, 0.5) is 0 Å². The standard InChI is InChI=1S/C11H21NO2.C3H6O3/c1-7(2)9-5-4-8(3)6-11(9,14)10(12)13;1-2(4)3(5)6/h7-9,14H,4-6H2,1-3H3,(H2,12,13);2,4H,1H3,(H,5,6). The lowest BCUT2D eigenvalue weighted by molar-refractivity contribution is -0.152. The number of amides is 1. The molecule has 0 heterocycles. The molecule has 0 aromatic heterocycles. The van der Waals surface area contributed by atoms with Crippen molar-refractivity contribution in [1.29, 1.82) is 0 Å². The molecule has 6 nitrogen and oxygen atoms in total. The number of hydrogen-bond donors (Lipinski definition) is 4. The first kappa shape index (κ1) is 18.9. The van der Waals surface area contributed by atoms with Gasteiger partial charge in [0.15, 0.2) is 0 Å². The van der Waals surface area contributed by atoms with Crippen LogP contribution in [-0.2, 0) is 9.59 Å². The largest absolute Gasteiger partial charge is 0.479 e. The van der Waals surface area contributed by atoms with E-state index in [0.29, 0.717) is 18.3 Å². The average Bonchev–Trinajstić information content (AvgIpc) is 2.28. The summed E-state index contributed by atoms with van der Waals surface area (Å²) in [5, 5.41) is 26.0. The lowest BCUT2D eigenvalue weighted by Crippen LogP contribution is -2.54. The Hall–Kier alpha value is -1.14. The van der Waals surface area contributed by atoms with E-state index in [4.69, 9.17) is 15.9 Å². The van der Waals surface area contributed by atoms with Crippen LogP contribution in [0.25, 0.3) is 0 Å². The number of carboxylic acid groups (broad SMARTS) is 1. The first-order chi connectivity index (χ1) is 9.02. The van der Waals surface area contributed by atoms with Gasteiger partial charge in [0, 0.05) is 0 Å². The summed E-state index contributed by atoms with van der Waals surface area (Å²) >= 11 is 0. The Morgan fingerprint density at radius 1 is 1.25 bits per heavy atom. The second kappa shape index (κ2) is 7.59. The molecular formula is C14H27NO5. The van der Waals surface area contributed by atoms with Gasteiger partial charge in [-0.3, -0.25) is 4.79 Å². The molecule has 1 rings (SSSR count). The second-order valence-corrected chi connectivity index (χ2v) is 6.04. The maximum absolute atomic E-state index is 11.3. The molecule has 5 N–H and O–H groups in total. The third-order valence-electron chi connectivity index (χ3n) is 3.83. The van der Waals surface area contributed by atoms with Crippen LogP contribution in [0.5, 0.6) is 0 Å². The zero-order chi connectivity index (χ0) is 16.1. The molecule has 1 aliphatic rings. The third-order valence-corrected chi connectivity index (χ3v) is 3.83. The normalized spacial score (nSPS) is 31.1. The Bertz CT molecular complexity index is 342. The van der Waals surface area contributed by atoms with E-state index in [-0.39, 0.29) is 5.92 Å². The van der Waals surface area contributed by atoms with E-state index in [0.717, 1.165) is 12.8 Å². The topological polar surface area (TPSA) is 121 Å². The highest BCUT2D eigenvalue weighted by Gasteiger charge is 2.47. The van der Waals surface area contributed by atoms with Gasteiger partial charge in [0.1, 0.15) is 11.7 Å². The van der Waals surface area contributed by atoms with Crippen molar-refractivity contribution >= 4 is 11.9 Å². The summed E-state index contributed by atoms with van der Waals surface area (Å²) in [6, 6.07) is 0. The van der Waals surface area contributed by atoms with Gasteiger partial charge in [0.2, 0.25) is 5.91 Å². The van der Waals surface area contributed by atoms with Crippen LogP contribution in [0, 0.1) is 17.8 Å². The van der Waals surface area contributed by atoms with Gasteiger partial charge in [-0.05, 0) is 37.5 Å². The number of rotatable bonds is 3. The summed E-state index contributed by atoms with van der Waals surface area (Å²) in [7, 11) is 0. The summed E-state index contributed by atoms with van der Waals surface area (Å²) < 4.78 is 0. The zero-order valence-electron chi connectivity index (χ0n) is 12.7. The Morgan fingerprint density at radius 2 is 1.70 bits per heavy atom. The van der Waals surface area contributed by atoms with Crippen molar-refractivity contribution in [2.24, 2.45) is 23.5 Å². The van der Waals surface area contributed by atoms with Gasteiger partial charge in [-0.15, -0.1) is 0 Å². The maximum Gasteiger partial charge on any atom is 0.332 e. The van der Waals surface area contributed by atoms with Crippen LogP contribution < -0.4 is 5.73 Å². The lowest BCUT2D eigenvalue weighted by Gasteiger charge is -2.42. The minimum absolute atomic E-state index is 0.0243. The first-order valence-electron chi connectivity index (χ1n) is 6.95. The molecule has 0 bridgehead atoms. The van der Waals surface area contributed by atoms with E-state index < -0.39 is 23.6 Å². The fraction of sp³-hybridized carbons (Fsp3) is 0.857. The lowest BCUT2D eigenvalue weighted by atomic mass is 9.67. The molecule has 20 heavy (non-hydrogen) atoms. The van der Waals surface area contributed by atoms with Gasteiger partial charge >= 0.3 is 5.97 Å². The van der Waals surface area contributed by atoms with Crippen molar-refractivity contribution in [3.05, 3.63) is 0 Å². The number of hydrogen-bond acceptors (Lipinski definition) is 4. The maximum atomic E-state index is 11.3. The fourth-order valence-electron chi connectivity index (χ4n) is 2.66. The van der Waals surface area contributed by atoms with Gasteiger partial charge in [-0.25, -0.2) is 4.79 Å². The Kier molecular flexibility index (Phi) is 7.16. The number of aliphatic hydroxyl groups excluding tert-OH is 1. The highest BCUT2D eigenvalue weighted by Crippen LogP contribution is 2.40. The van der Waals surface area contributed by atoms with Gasteiger partial charge < -0.3 is 21.1 Å². The van der Waals surface area contributed by atoms with E-state index in [1.807, 2.05) is 13.8 Å². The molecule has 0 spiro atoms. The number of carbonyl (C=O) groups is 2. The number of nitrogens with two attached hydrogens (primary N) is 1. The molecule has 1 fully saturated rings. The first-order valence-corrected chi connectivity index (χ1v) is 6.95. The molecular weight excluding hydrogens is 262 g/mol. The van der Waals surface area contributed by atoms with Crippen molar-refractivity contribution in [3.8, 4) is 0 Å². The molecule has 0 aromatic rings. The van der Waals surface area contributed by atoms with E-state index in [2.05, 4.69) is 6.92 Å². The minimum atomic E-state index is -1.27. The molecule has 1 saturated carbocycles. The number of carbonyl (C=O) groups excluding carboxylic acids is 1. The third kappa shape index (κ3) is 5.09. The number of aliphatic carboxylic acids is 1.